The molecule has 1 aromatic rings. The topological polar surface area (TPSA) is 49.3 Å². The molecule has 5 heteroatoms. The molecular formula is C14H17Cl2NO2. The summed E-state index contributed by atoms with van der Waals surface area (Å²) in [5.74, 6) is 0.180. The molecule has 0 radical (unpaired) electrons. The highest BCUT2D eigenvalue weighted by Gasteiger charge is 2.33. The average molecular weight is 302 g/mol. The first kappa shape index (κ1) is 14.5. The predicted molar refractivity (Wildman–Crippen MR) is 77.1 cm³/mol. The van der Waals surface area contributed by atoms with Crippen molar-refractivity contribution in [3.8, 4) is 5.75 Å². The lowest BCUT2D eigenvalue weighted by Gasteiger charge is -2.26. The summed E-state index contributed by atoms with van der Waals surface area (Å²) in [5.41, 5.74) is 0.209. The number of benzene rings is 1. The van der Waals surface area contributed by atoms with Crippen LogP contribution in [0.25, 0.3) is 0 Å². The highest BCUT2D eigenvalue weighted by atomic mass is 35.5. The van der Waals surface area contributed by atoms with Gasteiger partial charge in [-0.05, 0) is 31.0 Å². The van der Waals surface area contributed by atoms with E-state index in [1.54, 1.807) is 6.07 Å². The molecule has 0 heterocycles. The molecule has 1 fully saturated rings. The number of phenols is 1. The van der Waals surface area contributed by atoms with Crippen LogP contribution in [0, 0.1) is 5.41 Å². The zero-order valence-corrected chi connectivity index (χ0v) is 12.1. The van der Waals surface area contributed by atoms with Crippen LogP contribution in [-0.4, -0.2) is 23.4 Å². The Labute approximate surface area is 122 Å². The molecular weight excluding hydrogens is 285 g/mol. The fourth-order valence-electron chi connectivity index (χ4n) is 2.54. The quantitative estimate of drug-likeness (QED) is 0.835. The van der Waals surface area contributed by atoms with Crippen molar-refractivity contribution in [2.75, 3.05) is 12.4 Å². The Bertz CT molecular complexity index is 471. The molecule has 0 bridgehead atoms. The number of carbonyl (C=O) groups excluding carboxylic acids is 1. The number of alkyl halides is 1. The number of hydrogen-bond acceptors (Lipinski definition) is 2. The molecule has 0 spiro atoms. The fraction of sp³-hybridized carbons (Fsp3) is 0.500. The molecule has 19 heavy (non-hydrogen) atoms. The van der Waals surface area contributed by atoms with Crippen molar-refractivity contribution < 1.29 is 9.90 Å². The third-order valence-electron chi connectivity index (χ3n) is 3.77. The molecule has 1 amide bonds. The second-order valence-electron chi connectivity index (χ2n) is 5.18. The average Bonchev–Trinajstić information content (AvgIpc) is 2.88. The van der Waals surface area contributed by atoms with Gasteiger partial charge < -0.3 is 10.4 Å². The van der Waals surface area contributed by atoms with Gasteiger partial charge in [-0.2, -0.15) is 0 Å². The van der Waals surface area contributed by atoms with Crippen molar-refractivity contribution in [3.05, 3.63) is 28.8 Å². The van der Waals surface area contributed by atoms with Gasteiger partial charge in [0.2, 0.25) is 0 Å². The monoisotopic (exact) mass is 301 g/mol. The SMILES string of the molecule is O=C(NCC1(CCl)CCCC1)c1cc(Cl)ccc1O. The van der Waals surface area contributed by atoms with Crippen LogP contribution in [0.3, 0.4) is 0 Å². The summed E-state index contributed by atoms with van der Waals surface area (Å²) in [4.78, 5) is 12.1. The summed E-state index contributed by atoms with van der Waals surface area (Å²) < 4.78 is 0. The molecule has 0 atom stereocenters. The fourth-order valence-corrected chi connectivity index (χ4v) is 3.07. The lowest BCUT2D eigenvalue weighted by molar-refractivity contribution is 0.0932. The van der Waals surface area contributed by atoms with E-state index in [4.69, 9.17) is 23.2 Å². The third kappa shape index (κ3) is 3.34. The molecule has 1 aliphatic carbocycles. The number of carbonyl (C=O) groups is 1. The molecule has 0 saturated heterocycles. The second-order valence-corrected chi connectivity index (χ2v) is 5.89. The van der Waals surface area contributed by atoms with Crippen LogP contribution in [0.4, 0.5) is 0 Å². The number of rotatable bonds is 4. The standard InChI is InChI=1S/C14H17Cl2NO2/c15-8-14(5-1-2-6-14)9-17-13(19)11-7-10(16)3-4-12(11)18/h3-4,7,18H,1-2,5-6,8-9H2,(H,17,19). The van der Waals surface area contributed by atoms with Crippen molar-refractivity contribution in [3.63, 3.8) is 0 Å². The van der Waals surface area contributed by atoms with Crippen LogP contribution in [0.1, 0.15) is 36.0 Å². The van der Waals surface area contributed by atoms with Crippen LogP contribution in [0.2, 0.25) is 5.02 Å². The van der Waals surface area contributed by atoms with E-state index in [-0.39, 0.29) is 22.6 Å². The Morgan fingerprint density at radius 1 is 1.37 bits per heavy atom. The van der Waals surface area contributed by atoms with Gasteiger partial charge in [-0.15, -0.1) is 11.6 Å². The summed E-state index contributed by atoms with van der Waals surface area (Å²) in [6.45, 7) is 0.543. The molecule has 0 aromatic heterocycles. The Kier molecular flexibility index (Phi) is 4.58. The number of phenolic OH excluding ortho intramolecular Hbond substituents is 1. The predicted octanol–water partition coefficient (Wildman–Crippen LogP) is 3.57. The van der Waals surface area contributed by atoms with E-state index in [2.05, 4.69) is 5.32 Å². The van der Waals surface area contributed by atoms with Crippen LogP contribution >= 0.6 is 23.2 Å². The maximum Gasteiger partial charge on any atom is 0.255 e. The third-order valence-corrected chi connectivity index (χ3v) is 4.58. The van der Waals surface area contributed by atoms with Gasteiger partial charge in [0.05, 0.1) is 5.56 Å². The molecule has 1 aliphatic rings. The van der Waals surface area contributed by atoms with Crippen molar-refractivity contribution >= 4 is 29.1 Å². The van der Waals surface area contributed by atoms with Crippen LogP contribution in [0.5, 0.6) is 5.75 Å². The van der Waals surface area contributed by atoms with Gasteiger partial charge in [0, 0.05) is 22.9 Å². The lowest BCUT2D eigenvalue weighted by atomic mass is 9.88. The minimum absolute atomic E-state index is 0.00537. The Morgan fingerprint density at radius 2 is 2.05 bits per heavy atom. The van der Waals surface area contributed by atoms with Gasteiger partial charge >= 0.3 is 0 Å². The summed E-state index contributed by atoms with van der Waals surface area (Å²) in [6.07, 6.45) is 4.40. The molecule has 2 N–H and O–H groups in total. The first-order valence-electron chi connectivity index (χ1n) is 6.39. The zero-order valence-electron chi connectivity index (χ0n) is 10.6. The van der Waals surface area contributed by atoms with E-state index in [1.807, 2.05) is 0 Å². The van der Waals surface area contributed by atoms with E-state index >= 15 is 0 Å². The van der Waals surface area contributed by atoms with E-state index in [9.17, 15) is 9.90 Å². The van der Waals surface area contributed by atoms with Gasteiger partial charge in [0.1, 0.15) is 5.75 Å². The minimum Gasteiger partial charge on any atom is -0.507 e. The van der Waals surface area contributed by atoms with Gasteiger partial charge in [0.15, 0.2) is 0 Å². The summed E-state index contributed by atoms with van der Waals surface area (Å²) in [6, 6.07) is 4.43. The maximum absolute atomic E-state index is 12.1. The smallest absolute Gasteiger partial charge is 0.255 e. The molecule has 3 nitrogen and oxygen atoms in total. The first-order chi connectivity index (χ1) is 9.06. The van der Waals surface area contributed by atoms with Crippen molar-refractivity contribution in [2.24, 2.45) is 5.41 Å². The molecule has 0 aliphatic heterocycles. The zero-order chi connectivity index (χ0) is 13.9. The Balaban J connectivity index is 2.03. The molecule has 0 unspecified atom stereocenters. The first-order valence-corrected chi connectivity index (χ1v) is 7.30. The molecule has 1 saturated carbocycles. The van der Waals surface area contributed by atoms with Crippen molar-refractivity contribution in [2.45, 2.75) is 25.7 Å². The number of hydrogen-bond donors (Lipinski definition) is 2. The highest BCUT2D eigenvalue weighted by molar-refractivity contribution is 6.31. The molecule has 104 valence electrons. The van der Waals surface area contributed by atoms with Crippen molar-refractivity contribution in [1.29, 1.82) is 0 Å². The molecule has 1 aromatic carbocycles. The van der Waals surface area contributed by atoms with Crippen LogP contribution in [0.15, 0.2) is 18.2 Å². The minimum atomic E-state index is -0.309. The highest BCUT2D eigenvalue weighted by Crippen LogP contribution is 2.38. The second kappa shape index (κ2) is 6.02. The summed E-state index contributed by atoms with van der Waals surface area (Å²) >= 11 is 11.9. The van der Waals surface area contributed by atoms with Crippen molar-refractivity contribution in [1.82, 2.24) is 5.32 Å². The number of nitrogens with one attached hydrogen (secondary N) is 1. The van der Waals surface area contributed by atoms with Gasteiger partial charge in [-0.25, -0.2) is 0 Å². The van der Waals surface area contributed by atoms with E-state index in [0.29, 0.717) is 17.4 Å². The number of aromatic hydroxyl groups is 1. The van der Waals surface area contributed by atoms with E-state index < -0.39 is 0 Å². The van der Waals surface area contributed by atoms with E-state index in [1.165, 1.54) is 12.1 Å². The Hall–Kier alpha value is -0.930. The van der Waals surface area contributed by atoms with E-state index in [0.717, 1.165) is 25.7 Å². The Morgan fingerprint density at radius 3 is 2.68 bits per heavy atom. The number of halogens is 2. The van der Waals surface area contributed by atoms with Gasteiger partial charge in [-0.1, -0.05) is 24.4 Å². The van der Waals surface area contributed by atoms with Gasteiger partial charge in [0.25, 0.3) is 5.91 Å². The van der Waals surface area contributed by atoms with Gasteiger partial charge in [-0.3, -0.25) is 4.79 Å². The lowest BCUT2D eigenvalue weighted by Crippen LogP contribution is -2.37. The maximum atomic E-state index is 12.1. The normalized spacial score (nSPS) is 17.4. The number of amides is 1. The summed E-state index contributed by atoms with van der Waals surface area (Å²) in [5, 5.41) is 13.0. The molecule has 2 rings (SSSR count). The van der Waals surface area contributed by atoms with Crippen LogP contribution in [-0.2, 0) is 0 Å². The largest absolute Gasteiger partial charge is 0.507 e. The summed E-state index contributed by atoms with van der Waals surface area (Å²) in [7, 11) is 0. The van der Waals surface area contributed by atoms with Crippen LogP contribution < -0.4 is 5.32 Å².